The number of amides is 2. The van der Waals surface area contributed by atoms with Crippen molar-refractivity contribution in [3.8, 4) is 5.75 Å². The molecule has 2 aromatic rings. The number of nitrogens with zero attached hydrogens (tertiary/aromatic N) is 2. The van der Waals surface area contributed by atoms with Gasteiger partial charge in [0, 0.05) is 31.3 Å². The van der Waals surface area contributed by atoms with Crippen LogP contribution in [0.1, 0.15) is 61.5 Å². The van der Waals surface area contributed by atoms with E-state index in [1.165, 1.54) is 13.3 Å². The molecular weight excluding hydrogens is 520 g/mol. The van der Waals surface area contributed by atoms with Crippen LogP contribution in [0.4, 0.5) is 10.5 Å². The molecule has 0 bridgehead atoms. The van der Waals surface area contributed by atoms with Crippen LogP contribution in [-0.2, 0) is 23.8 Å². The lowest BCUT2D eigenvalue weighted by molar-refractivity contribution is -0.162. The number of benzene rings is 1. The molecule has 2 amide bonds. The predicted molar refractivity (Wildman–Crippen MR) is 146 cm³/mol. The van der Waals surface area contributed by atoms with Crippen LogP contribution < -0.4 is 15.4 Å². The standard InChI is InChI=1S/C28H36N4O8/c1-3-4-16-38-28(35)30-15-13-25(33)31-21-8-10-22(11-9-21)39-19-24(32-40-26-7-5-6-17-37-26)23-18-20(12-14-29-23)27(34)36-2/h8-12,14,18,26H,3-7,13,15-17,19H2,1-2H3,(H,30,35)(H,31,33)/b32-24+. The number of aromatic nitrogens is 1. The summed E-state index contributed by atoms with van der Waals surface area (Å²) in [4.78, 5) is 45.6. The van der Waals surface area contributed by atoms with Gasteiger partial charge in [0.05, 0.1) is 31.6 Å². The molecule has 3 rings (SSSR count). The zero-order valence-corrected chi connectivity index (χ0v) is 22.9. The molecule has 2 heterocycles. The molecule has 0 aliphatic carbocycles. The van der Waals surface area contributed by atoms with E-state index < -0.39 is 18.4 Å². The first-order chi connectivity index (χ1) is 19.5. The van der Waals surface area contributed by atoms with E-state index in [0.29, 0.717) is 41.6 Å². The van der Waals surface area contributed by atoms with Crippen molar-refractivity contribution in [1.82, 2.24) is 10.3 Å². The molecule has 1 unspecified atom stereocenters. The van der Waals surface area contributed by atoms with E-state index in [4.69, 9.17) is 23.8 Å². The van der Waals surface area contributed by atoms with Crippen molar-refractivity contribution in [2.24, 2.45) is 5.16 Å². The molecule has 1 fully saturated rings. The van der Waals surface area contributed by atoms with E-state index in [1.54, 1.807) is 36.4 Å². The number of alkyl carbamates (subject to hydrolysis) is 1. The molecule has 1 aliphatic heterocycles. The number of nitrogens with one attached hydrogen (secondary N) is 2. The molecule has 1 aliphatic rings. The van der Waals surface area contributed by atoms with Gasteiger partial charge in [-0.3, -0.25) is 9.78 Å². The number of ether oxygens (including phenoxy) is 4. The number of pyridine rings is 1. The van der Waals surface area contributed by atoms with Gasteiger partial charge in [-0.15, -0.1) is 0 Å². The summed E-state index contributed by atoms with van der Waals surface area (Å²) in [6.07, 6.45) is 4.99. The highest BCUT2D eigenvalue weighted by molar-refractivity contribution is 6.01. The fourth-order valence-electron chi connectivity index (χ4n) is 3.54. The van der Waals surface area contributed by atoms with E-state index in [-0.39, 0.29) is 25.5 Å². The number of unbranched alkanes of at least 4 members (excludes halogenated alkanes) is 1. The van der Waals surface area contributed by atoms with Crippen LogP contribution in [0, 0.1) is 0 Å². The van der Waals surface area contributed by atoms with Crippen molar-refractivity contribution >= 4 is 29.4 Å². The lowest BCUT2D eigenvalue weighted by Gasteiger charge is -2.20. The summed E-state index contributed by atoms with van der Waals surface area (Å²) in [7, 11) is 1.30. The first-order valence-corrected chi connectivity index (χ1v) is 13.3. The molecule has 216 valence electrons. The van der Waals surface area contributed by atoms with Gasteiger partial charge in [-0.05, 0) is 55.7 Å². The minimum Gasteiger partial charge on any atom is -0.487 e. The molecule has 1 atom stereocenters. The molecule has 1 aromatic carbocycles. The van der Waals surface area contributed by atoms with Gasteiger partial charge in [0.25, 0.3) is 0 Å². The normalized spacial score (nSPS) is 15.1. The highest BCUT2D eigenvalue weighted by atomic mass is 16.8. The van der Waals surface area contributed by atoms with Crippen molar-refractivity contribution in [1.29, 1.82) is 0 Å². The molecule has 0 saturated carbocycles. The topological polar surface area (TPSA) is 147 Å². The van der Waals surface area contributed by atoms with E-state index in [1.807, 2.05) is 6.92 Å². The molecule has 12 nitrogen and oxygen atoms in total. The average Bonchev–Trinajstić information content (AvgIpc) is 2.98. The third-order valence-corrected chi connectivity index (χ3v) is 5.76. The van der Waals surface area contributed by atoms with Crippen LogP contribution in [0.2, 0.25) is 0 Å². The molecule has 12 heteroatoms. The molecule has 0 spiro atoms. The lowest BCUT2D eigenvalue weighted by atomic mass is 10.2. The van der Waals surface area contributed by atoms with Crippen molar-refractivity contribution < 1.29 is 38.2 Å². The number of hydrogen-bond acceptors (Lipinski definition) is 10. The van der Waals surface area contributed by atoms with E-state index in [2.05, 4.69) is 20.8 Å². The van der Waals surface area contributed by atoms with Gasteiger partial charge in [-0.1, -0.05) is 18.5 Å². The van der Waals surface area contributed by atoms with Crippen molar-refractivity contribution in [2.45, 2.75) is 51.7 Å². The molecule has 40 heavy (non-hydrogen) atoms. The number of hydrogen-bond donors (Lipinski definition) is 2. The highest BCUT2D eigenvalue weighted by Crippen LogP contribution is 2.18. The Hall–Kier alpha value is -4.19. The van der Waals surface area contributed by atoms with Gasteiger partial charge in [0.15, 0.2) is 0 Å². The molecule has 0 radical (unpaired) electrons. The number of carbonyl (C=O) groups excluding carboxylic acids is 3. The Morgan fingerprint density at radius 2 is 1.98 bits per heavy atom. The van der Waals surface area contributed by atoms with Crippen molar-refractivity contribution in [3.05, 3.63) is 53.9 Å². The van der Waals surface area contributed by atoms with Crippen LogP contribution in [0.5, 0.6) is 5.75 Å². The number of rotatable bonds is 14. The number of methoxy groups -OCH3 is 1. The Bertz CT molecular complexity index is 1130. The zero-order chi connectivity index (χ0) is 28.6. The highest BCUT2D eigenvalue weighted by Gasteiger charge is 2.17. The molecule has 1 aromatic heterocycles. The van der Waals surface area contributed by atoms with Gasteiger partial charge < -0.3 is 34.4 Å². The van der Waals surface area contributed by atoms with Crippen LogP contribution in [0.15, 0.2) is 47.8 Å². The third-order valence-electron chi connectivity index (χ3n) is 5.76. The summed E-state index contributed by atoms with van der Waals surface area (Å²) < 4.78 is 21.3. The fourth-order valence-corrected chi connectivity index (χ4v) is 3.54. The number of oxime groups is 1. The fraction of sp³-hybridized carbons (Fsp3) is 0.464. The van der Waals surface area contributed by atoms with Gasteiger partial charge in [-0.25, -0.2) is 9.59 Å². The second kappa shape index (κ2) is 16.7. The predicted octanol–water partition coefficient (Wildman–Crippen LogP) is 4.05. The van der Waals surface area contributed by atoms with Crippen molar-refractivity contribution in [3.63, 3.8) is 0 Å². The second-order valence-electron chi connectivity index (χ2n) is 8.89. The summed E-state index contributed by atoms with van der Waals surface area (Å²) >= 11 is 0. The van der Waals surface area contributed by atoms with E-state index in [0.717, 1.165) is 32.1 Å². The lowest BCUT2D eigenvalue weighted by Crippen LogP contribution is -2.28. The minimum absolute atomic E-state index is 0.00389. The smallest absolute Gasteiger partial charge is 0.407 e. The van der Waals surface area contributed by atoms with E-state index in [9.17, 15) is 14.4 Å². The largest absolute Gasteiger partial charge is 0.487 e. The van der Waals surface area contributed by atoms with Crippen LogP contribution in [-0.4, -0.2) is 68.4 Å². The molecule has 1 saturated heterocycles. The molecular formula is C28H36N4O8. The zero-order valence-electron chi connectivity index (χ0n) is 22.9. The summed E-state index contributed by atoms with van der Waals surface area (Å²) in [5.41, 5.74) is 1.64. The Morgan fingerprint density at radius 3 is 2.70 bits per heavy atom. The summed E-state index contributed by atoms with van der Waals surface area (Å²) in [6.45, 7) is 3.13. The Labute approximate surface area is 233 Å². The van der Waals surface area contributed by atoms with Gasteiger partial charge in [0.2, 0.25) is 12.2 Å². The second-order valence-corrected chi connectivity index (χ2v) is 8.89. The summed E-state index contributed by atoms with van der Waals surface area (Å²) in [6, 6.07) is 9.87. The Kier molecular flexibility index (Phi) is 12.7. The third kappa shape index (κ3) is 10.5. The van der Waals surface area contributed by atoms with Crippen LogP contribution >= 0.6 is 0 Å². The van der Waals surface area contributed by atoms with Gasteiger partial charge >= 0.3 is 12.1 Å². The Balaban J connectivity index is 1.55. The monoisotopic (exact) mass is 556 g/mol. The minimum atomic E-state index is -0.533. The van der Waals surface area contributed by atoms with Crippen molar-refractivity contribution in [2.75, 3.05) is 38.8 Å². The number of anilines is 1. The first-order valence-electron chi connectivity index (χ1n) is 13.3. The van der Waals surface area contributed by atoms with Gasteiger partial charge in [-0.2, -0.15) is 0 Å². The first kappa shape index (κ1) is 30.4. The average molecular weight is 557 g/mol. The summed E-state index contributed by atoms with van der Waals surface area (Å²) in [5.74, 6) is -0.239. The maximum absolute atomic E-state index is 12.2. The van der Waals surface area contributed by atoms with Gasteiger partial charge in [0.1, 0.15) is 18.1 Å². The van der Waals surface area contributed by atoms with Crippen LogP contribution in [0.25, 0.3) is 0 Å². The van der Waals surface area contributed by atoms with Crippen LogP contribution in [0.3, 0.4) is 0 Å². The summed E-state index contributed by atoms with van der Waals surface area (Å²) in [5, 5.41) is 9.55. The molecule has 2 N–H and O–H groups in total. The maximum atomic E-state index is 12.2. The SMILES string of the molecule is CCCCOC(=O)NCCC(=O)Nc1ccc(OC/C(=N\OC2CCCCO2)c2cc(C(=O)OC)ccn2)cc1. The number of carbonyl (C=O) groups is 3. The Morgan fingerprint density at radius 1 is 1.15 bits per heavy atom. The quantitative estimate of drug-likeness (QED) is 0.152. The number of esters is 1. The maximum Gasteiger partial charge on any atom is 0.407 e. The van der Waals surface area contributed by atoms with E-state index >= 15 is 0 Å².